The molecule has 0 N–H and O–H groups in total. The SMILES string of the molecule is O=C1CC[C@@H](C(=O)N2CCC(c3ccncc3)CC2)CN1CCCN1CCOCC1. The molecule has 0 bridgehead atoms. The molecule has 0 spiro atoms. The molecule has 1 aromatic heterocycles. The molecule has 30 heavy (non-hydrogen) atoms. The molecule has 3 fully saturated rings. The Morgan fingerprint density at radius 1 is 1.03 bits per heavy atom. The number of carbonyl (C=O) groups is 2. The van der Waals surface area contributed by atoms with Gasteiger partial charge in [0.25, 0.3) is 0 Å². The van der Waals surface area contributed by atoms with E-state index < -0.39 is 0 Å². The molecule has 1 aromatic rings. The van der Waals surface area contributed by atoms with Crippen LogP contribution >= 0.6 is 0 Å². The first kappa shape index (κ1) is 21.2. The summed E-state index contributed by atoms with van der Waals surface area (Å²) >= 11 is 0. The normalized spacial score (nSPS) is 24.3. The third-order valence-electron chi connectivity index (χ3n) is 6.84. The number of likely N-dealkylation sites (tertiary alicyclic amines) is 2. The van der Waals surface area contributed by atoms with E-state index in [0.29, 0.717) is 25.3 Å². The quantitative estimate of drug-likeness (QED) is 0.710. The van der Waals surface area contributed by atoms with Gasteiger partial charge in [-0.15, -0.1) is 0 Å². The maximum absolute atomic E-state index is 13.1. The molecule has 0 unspecified atom stereocenters. The molecule has 7 nitrogen and oxygen atoms in total. The lowest BCUT2D eigenvalue weighted by Crippen LogP contribution is -2.49. The molecular formula is C23H34N4O3. The molecule has 7 heteroatoms. The highest BCUT2D eigenvalue weighted by molar-refractivity contribution is 5.84. The second-order valence-electron chi connectivity index (χ2n) is 8.76. The van der Waals surface area contributed by atoms with Crippen LogP contribution in [0.2, 0.25) is 0 Å². The zero-order valence-electron chi connectivity index (χ0n) is 17.9. The lowest BCUT2D eigenvalue weighted by atomic mass is 9.88. The van der Waals surface area contributed by atoms with Gasteiger partial charge >= 0.3 is 0 Å². The number of amides is 2. The van der Waals surface area contributed by atoms with Crippen molar-refractivity contribution < 1.29 is 14.3 Å². The number of hydrogen-bond donors (Lipinski definition) is 0. The summed E-state index contributed by atoms with van der Waals surface area (Å²) in [7, 11) is 0. The van der Waals surface area contributed by atoms with Gasteiger partial charge in [-0.1, -0.05) is 0 Å². The lowest BCUT2D eigenvalue weighted by molar-refractivity contribution is -0.143. The molecule has 4 heterocycles. The molecule has 0 saturated carbocycles. The van der Waals surface area contributed by atoms with Gasteiger partial charge in [0, 0.05) is 64.6 Å². The number of carbonyl (C=O) groups excluding carboxylic acids is 2. The van der Waals surface area contributed by atoms with Gasteiger partial charge in [0.2, 0.25) is 11.8 Å². The Morgan fingerprint density at radius 3 is 2.50 bits per heavy atom. The number of pyridine rings is 1. The van der Waals surface area contributed by atoms with Crippen molar-refractivity contribution in [3.63, 3.8) is 0 Å². The van der Waals surface area contributed by atoms with Crippen molar-refractivity contribution in [2.75, 3.05) is 59.0 Å². The van der Waals surface area contributed by atoms with Gasteiger partial charge in [0.1, 0.15) is 0 Å². The summed E-state index contributed by atoms with van der Waals surface area (Å²) in [6.45, 7) is 7.52. The van der Waals surface area contributed by atoms with Gasteiger partial charge in [-0.3, -0.25) is 19.5 Å². The maximum atomic E-state index is 13.1. The van der Waals surface area contributed by atoms with Gasteiger partial charge in [0.05, 0.1) is 19.1 Å². The monoisotopic (exact) mass is 414 g/mol. The zero-order valence-corrected chi connectivity index (χ0v) is 17.9. The highest BCUT2D eigenvalue weighted by Crippen LogP contribution is 2.29. The first-order valence-corrected chi connectivity index (χ1v) is 11.5. The molecule has 2 amide bonds. The van der Waals surface area contributed by atoms with Crippen molar-refractivity contribution in [2.24, 2.45) is 5.92 Å². The van der Waals surface area contributed by atoms with Crippen LogP contribution in [0.3, 0.4) is 0 Å². The van der Waals surface area contributed by atoms with E-state index in [1.54, 1.807) is 0 Å². The molecule has 1 atom stereocenters. The number of hydrogen-bond acceptors (Lipinski definition) is 5. The second-order valence-corrected chi connectivity index (χ2v) is 8.76. The number of ether oxygens (including phenoxy) is 1. The number of rotatable bonds is 6. The molecule has 3 aliphatic rings. The number of aromatic nitrogens is 1. The van der Waals surface area contributed by atoms with Gasteiger partial charge in [-0.05, 0) is 49.3 Å². The minimum Gasteiger partial charge on any atom is -0.379 e. The number of morpholine rings is 1. The minimum absolute atomic E-state index is 0.0384. The fraction of sp³-hybridized carbons (Fsp3) is 0.696. The summed E-state index contributed by atoms with van der Waals surface area (Å²) in [6.07, 6.45) is 7.86. The van der Waals surface area contributed by atoms with Crippen LogP contribution in [0.15, 0.2) is 24.5 Å². The van der Waals surface area contributed by atoms with Crippen molar-refractivity contribution in [1.29, 1.82) is 0 Å². The molecule has 3 aliphatic heterocycles. The van der Waals surface area contributed by atoms with Crippen LogP contribution in [0.25, 0.3) is 0 Å². The first-order valence-electron chi connectivity index (χ1n) is 11.5. The van der Waals surface area contributed by atoms with Crippen molar-refractivity contribution in [3.05, 3.63) is 30.1 Å². The summed E-state index contributed by atoms with van der Waals surface area (Å²) in [6, 6.07) is 4.17. The Bertz CT molecular complexity index is 700. The van der Waals surface area contributed by atoms with Crippen LogP contribution in [0.5, 0.6) is 0 Å². The minimum atomic E-state index is -0.0384. The fourth-order valence-electron chi connectivity index (χ4n) is 4.97. The van der Waals surface area contributed by atoms with Crippen molar-refractivity contribution in [1.82, 2.24) is 19.7 Å². The van der Waals surface area contributed by atoms with Crippen molar-refractivity contribution in [2.45, 2.75) is 38.0 Å². The summed E-state index contributed by atoms with van der Waals surface area (Å²) in [4.78, 5) is 36.0. The van der Waals surface area contributed by atoms with Crippen molar-refractivity contribution >= 4 is 11.8 Å². The Kier molecular flexibility index (Phi) is 7.33. The molecule has 4 rings (SSSR count). The lowest BCUT2D eigenvalue weighted by Gasteiger charge is -2.38. The third-order valence-corrected chi connectivity index (χ3v) is 6.84. The van der Waals surface area contributed by atoms with E-state index in [-0.39, 0.29) is 17.7 Å². The molecular weight excluding hydrogens is 380 g/mol. The van der Waals surface area contributed by atoms with E-state index in [1.807, 2.05) is 22.2 Å². The van der Waals surface area contributed by atoms with E-state index in [4.69, 9.17) is 4.74 Å². The summed E-state index contributed by atoms with van der Waals surface area (Å²) < 4.78 is 5.39. The molecule has 0 aliphatic carbocycles. The standard InChI is InChI=1S/C23H34N4O3/c28-22-3-2-21(18-27(22)11-1-10-25-14-16-30-17-15-25)23(29)26-12-6-20(7-13-26)19-4-8-24-9-5-19/h4-5,8-9,20-21H,1-3,6-7,10-18H2/t21-/m1/s1. The van der Waals surface area contributed by atoms with Crippen molar-refractivity contribution in [3.8, 4) is 0 Å². The smallest absolute Gasteiger partial charge is 0.227 e. The van der Waals surface area contributed by atoms with E-state index in [0.717, 1.165) is 71.7 Å². The second kappa shape index (κ2) is 10.4. The van der Waals surface area contributed by atoms with Crippen LogP contribution in [0.4, 0.5) is 0 Å². The number of piperidine rings is 2. The third kappa shape index (κ3) is 5.38. The number of nitrogens with zero attached hydrogens (tertiary/aromatic N) is 4. The highest BCUT2D eigenvalue weighted by Gasteiger charge is 2.34. The average molecular weight is 415 g/mol. The Labute approximate surface area is 179 Å². The predicted molar refractivity (Wildman–Crippen MR) is 114 cm³/mol. The summed E-state index contributed by atoms with van der Waals surface area (Å²) in [5.41, 5.74) is 1.33. The topological polar surface area (TPSA) is 66.0 Å². The Balaban J connectivity index is 1.23. The van der Waals surface area contributed by atoms with Crippen LogP contribution in [-0.4, -0.2) is 90.5 Å². The van der Waals surface area contributed by atoms with E-state index in [1.165, 1.54) is 5.56 Å². The van der Waals surface area contributed by atoms with E-state index in [9.17, 15) is 9.59 Å². The van der Waals surface area contributed by atoms with Crippen LogP contribution in [0.1, 0.15) is 43.6 Å². The maximum Gasteiger partial charge on any atom is 0.227 e. The van der Waals surface area contributed by atoms with Gasteiger partial charge in [-0.25, -0.2) is 0 Å². The summed E-state index contributed by atoms with van der Waals surface area (Å²) in [5.74, 6) is 0.927. The fourth-order valence-corrected chi connectivity index (χ4v) is 4.97. The zero-order chi connectivity index (χ0) is 20.8. The average Bonchev–Trinajstić information content (AvgIpc) is 2.81. The first-order chi connectivity index (χ1) is 14.7. The van der Waals surface area contributed by atoms with E-state index in [2.05, 4.69) is 22.0 Å². The Morgan fingerprint density at radius 2 is 1.77 bits per heavy atom. The predicted octanol–water partition coefficient (Wildman–Crippen LogP) is 1.75. The van der Waals surface area contributed by atoms with Crippen LogP contribution < -0.4 is 0 Å². The molecule has 164 valence electrons. The van der Waals surface area contributed by atoms with Gasteiger partial charge in [-0.2, -0.15) is 0 Å². The van der Waals surface area contributed by atoms with Gasteiger partial charge in [0.15, 0.2) is 0 Å². The molecule has 0 radical (unpaired) electrons. The molecule has 0 aromatic carbocycles. The Hall–Kier alpha value is -1.99. The molecule has 3 saturated heterocycles. The highest BCUT2D eigenvalue weighted by atomic mass is 16.5. The van der Waals surface area contributed by atoms with Crippen LogP contribution in [-0.2, 0) is 14.3 Å². The summed E-state index contributed by atoms with van der Waals surface area (Å²) in [5, 5.41) is 0. The van der Waals surface area contributed by atoms with E-state index >= 15 is 0 Å². The van der Waals surface area contributed by atoms with Gasteiger partial charge < -0.3 is 14.5 Å². The van der Waals surface area contributed by atoms with Crippen LogP contribution in [0, 0.1) is 5.92 Å². The largest absolute Gasteiger partial charge is 0.379 e.